The Morgan fingerprint density at radius 2 is 1.77 bits per heavy atom. The van der Waals surface area contributed by atoms with Crippen LogP contribution in [-0.2, 0) is 9.59 Å². The predicted octanol–water partition coefficient (Wildman–Crippen LogP) is 5.28. The Morgan fingerprint density at radius 1 is 1.10 bits per heavy atom. The minimum atomic E-state index is -5.28. The van der Waals surface area contributed by atoms with Crippen LogP contribution in [0.2, 0.25) is 0 Å². The van der Waals surface area contributed by atoms with Crippen LogP contribution in [0.25, 0.3) is 0 Å². The van der Waals surface area contributed by atoms with Crippen molar-refractivity contribution in [2.45, 2.75) is 57.3 Å². The Balaban J connectivity index is 2.07. The maximum Gasteiger partial charge on any atom is 0.471 e. The molecule has 2 aromatic rings. The van der Waals surface area contributed by atoms with Crippen LogP contribution < -0.4 is 10.2 Å². The van der Waals surface area contributed by atoms with Gasteiger partial charge in [-0.25, -0.2) is 4.39 Å². The number of anilines is 1. The Hall–Kier alpha value is -2.42. The molecule has 1 saturated carbocycles. The zero-order chi connectivity index (χ0) is 21.9. The summed E-state index contributed by atoms with van der Waals surface area (Å²) in [6, 6.07) is 6.00. The van der Waals surface area contributed by atoms with Crippen LogP contribution in [0, 0.1) is 12.7 Å². The van der Waals surface area contributed by atoms with Crippen LogP contribution >= 0.6 is 11.3 Å². The lowest BCUT2D eigenvalue weighted by Crippen LogP contribution is -2.50. The van der Waals surface area contributed by atoms with Crippen molar-refractivity contribution in [3.05, 3.63) is 52.0 Å². The van der Waals surface area contributed by atoms with Crippen molar-refractivity contribution in [1.29, 1.82) is 0 Å². The van der Waals surface area contributed by atoms with Gasteiger partial charge in [-0.15, -0.1) is 11.3 Å². The molecule has 9 heteroatoms. The van der Waals surface area contributed by atoms with Crippen LogP contribution in [0.1, 0.15) is 47.9 Å². The number of amides is 2. The molecule has 0 saturated heterocycles. The summed E-state index contributed by atoms with van der Waals surface area (Å²) < 4.78 is 54.9. The van der Waals surface area contributed by atoms with Crippen molar-refractivity contribution in [2.24, 2.45) is 0 Å². The first-order chi connectivity index (χ1) is 14.2. The number of para-hydroxylation sites is 1. The lowest BCUT2D eigenvalue weighted by Gasteiger charge is -2.33. The molecular weight excluding hydrogens is 420 g/mol. The summed E-state index contributed by atoms with van der Waals surface area (Å²) >= 11 is 1.10. The second-order valence-electron chi connectivity index (χ2n) is 7.32. The van der Waals surface area contributed by atoms with Crippen molar-refractivity contribution in [1.82, 2.24) is 5.32 Å². The van der Waals surface area contributed by atoms with E-state index in [1.807, 2.05) is 0 Å². The highest BCUT2D eigenvalue weighted by Gasteiger charge is 2.48. The molecule has 0 bridgehead atoms. The van der Waals surface area contributed by atoms with Gasteiger partial charge in [0.1, 0.15) is 5.82 Å². The first-order valence-corrected chi connectivity index (χ1v) is 10.5. The van der Waals surface area contributed by atoms with E-state index in [0.717, 1.165) is 60.5 Å². The number of rotatable bonds is 5. The minimum Gasteiger partial charge on any atom is -0.351 e. The number of thiophene rings is 1. The fourth-order valence-corrected chi connectivity index (χ4v) is 4.62. The van der Waals surface area contributed by atoms with E-state index in [0.29, 0.717) is 0 Å². The number of hydrogen-bond donors (Lipinski definition) is 1. The third-order valence-electron chi connectivity index (χ3n) is 5.06. The summed E-state index contributed by atoms with van der Waals surface area (Å²) in [5, 5.41) is 2.79. The fraction of sp³-hybridized carbons (Fsp3) is 0.429. The van der Waals surface area contributed by atoms with Gasteiger partial charge in [0, 0.05) is 15.8 Å². The highest BCUT2D eigenvalue weighted by atomic mass is 32.1. The van der Waals surface area contributed by atoms with Crippen molar-refractivity contribution >= 4 is 28.8 Å². The standard InChI is InChI=1S/C21H22F4N2O2S/c1-13-11-12-17(30-13)18(19(28)26-14-7-3-2-4-8-14)27(20(29)21(23,24)25)16-10-6-5-9-15(16)22/h5-6,9-12,14,18H,2-4,7-8H2,1H3,(H,26,28)/t18-/m0/s1. The zero-order valence-corrected chi connectivity index (χ0v) is 17.2. The van der Waals surface area contributed by atoms with Gasteiger partial charge in [0.25, 0.3) is 0 Å². The van der Waals surface area contributed by atoms with Gasteiger partial charge in [0.15, 0.2) is 6.04 Å². The van der Waals surface area contributed by atoms with Gasteiger partial charge in [-0.3, -0.25) is 14.5 Å². The number of nitrogens with zero attached hydrogens (tertiary/aromatic N) is 1. The number of alkyl halides is 3. The first-order valence-electron chi connectivity index (χ1n) is 9.70. The van der Waals surface area contributed by atoms with E-state index in [9.17, 15) is 27.2 Å². The van der Waals surface area contributed by atoms with E-state index in [1.165, 1.54) is 18.2 Å². The molecule has 1 aliphatic rings. The van der Waals surface area contributed by atoms with E-state index in [1.54, 1.807) is 13.0 Å². The van der Waals surface area contributed by atoms with Gasteiger partial charge in [0.05, 0.1) is 5.69 Å². The predicted molar refractivity (Wildman–Crippen MR) is 107 cm³/mol. The molecule has 0 unspecified atom stereocenters. The van der Waals surface area contributed by atoms with Gasteiger partial charge in [-0.1, -0.05) is 31.4 Å². The summed E-state index contributed by atoms with van der Waals surface area (Å²) in [4.78, 5) is 26.8. The van der Waals surface area contributed by atoms with E-state index >= 15 is 0 Å². The summed E-state index contributed by atoms with van der Waals surface area (Å²) in [5.41, 5.74) is -0.588. The van der Waals surface area contributed by atoms with Gasteiger partial charge < -0.3 is 5.32 Å². The van der Waals surface area contributed by atoms with E-state index in [4.69, 9.17) is 0 Å². The summed E-state index contributed by atoms with van der Waals surface area (Å²) in [7, 11) is 0. The second-order valence-corrected chi connectivity index (χ2v) is 8.64. The summed E-state index contributed by atoms with van der Waals surface area (Å²) in [6.45, 7) is 1.74. The van der Waals surface area contributed by atoms with Crippen molar-refractivity contribution in [3.8, 4) is 0 Å². The second kappa shape index (κ2) is 9.16. The molecule has 0 aliphatic heterocycles. The first kappa shape index (κ1) is 22.3. The Morgan fingerprint density at radius 3 is 2.33 bits per heavy atom. The van der Waals surface area contributed by atoms with Crippen LogP contribution in [-0.4, -0.2) is 24.0 Å². The van der Waals surface area contributed by atoms with Crippen LogP contribution in [0.3, 0.4) is 0 Å². The molecular formula is C21H22F4N2O2S. The molecule has 4 nitrogen and oxygen atoms in total. The molecule has 1 aliphatic carbocycles. The number of halogens is 4. The Kier molecular flexibility index (Phi) is 6.80. The Labute approximate surface area is 175 Å². The average molecular weight is 442 g/mol. The van der Waals surface area contributed by atoms with Gasteiger partial charge >= 0.3 is 12.1 Å². The molecule has 162 valence electrons. The number of aryl methyl sites for hydroxylation is 1. The van der Waals surface area contributed by atoms with E-state index in [-0.39, 0.29) is 15.8 Å². The average Bonchev–Trinajstić information content (AvgIpc) is 3.12. The number of benzene rings is 1. The summed E-state index contributed by atoms with van der Waals surface area (Å²) in [5.74, 6) is -4.05. The minimum absolute atomic E-state index is 0.182. The highest BCUT2D eigenvalue weighted by molar-refractivity contribution is 7.12. The van der Waals surface area contributed by atoms with Crippen LogP contribution in [0.4, 0.5) is 23.2 Å². The normalized spacial score (nSPS) is 16.2. The molecule has 1 heterocycles. The smallest absolute Gasteiger partial charge is 0.351 e. The molecule has 2 amide bonds. The number of nitrogens with one attached hydrogen (secondary N) is 1. The maximum absolute atomic E-state index is 14.5. The van der Waals surface area contributed by atoms with Crippen LogP contribution in [0.15, 0.2) is 36.4 Å². The molecule has 1 N–H and O–H groups in total. The molecule has 1 atom stereocenters. The van der Waals surface area contributed by atoms with E-state index < -0.39 is 35.5 Å². The highest BCUT2D eigenvalue weighted by Crippen LogP contribution is 2.36. The zero-order valence-electron chi connectivity index (χ0n) is 16.3. The van der Waals surface area contributed by atoms with Crippen molar-refractivity contribution < 1.29 is 27.2 Å². The molecule has 1 fully saturated rings. The van der Waals surface area contributed by atoms with Gasteiger partial charge in [-0.2, -0.15) is 13.2 Å². The molecule has 30 heavy (non-hydrogen) atoms. The maximum atomic E-state index is 14.5. The van der Waals surface area contributed by atoms with Crippen molar-refractivity contribution in [3.63, 3.8) is 0 Å². The monoisotopic (exact) mass is 442 g/mol. The van der Waals surface area contributed by atoms with Gasteiger partial charge in [-0.05, 0) is 44.0 Å². The van der Waals surface area contributed by atoms with E-state index in [2.05, 4.69) is 5.32 Å². The number of hydrogen-bond acceptors (Lipinski definition) is 3. The molecule has 0 spiro atoms. The molecule has 1 aromatic heterocycles. The van der Waals surface area contributed by atoms with Gasteiger partial charge in [0.2, 0.25) is 5.91 Å². The van der Waals surface area contributed by atoms with Crippen LogP contribution in [0.5, 0.6) is 0 Å². The third kappa shape index (κ3) is 5.00. The Bertz CT molecular complexity index is 906. The third-order valence-corrected chi connectivity index (χ3v) is 6.12. The lowest BCUT2D eigenvalue weighted by molar-refractivity contribution is -0.171. The number of carbonyl (C=O) groups is 2. The topological polar surface area (TPSA) is 49.4 Å². The summed E-state index contributed by atoms with van der Waals surface area (Å²) in [6.07, 6.45) is -0.992. The molecule has 1 aromatic carbocycles. The van der Waals surface area contributed by atoms with Crippen molar-refractivity contribution in [2.75, 3.05) is 4.90 Å². The largest absolute Gasteiger partial charge is 0.471 e. The SMILES string of the molecule is Cc1ccc([C@@H](C(=O)NC2CCCCC2)N(C(=O)C(F)(F)F)c2ccccc2F)s1. The molecule has 3 rings (SSSR count). The number of carbonyl (C=O) groups excluding carboxylic acids is 2. The fourth-order valence-electron chi connectivity index (χ4n) is 3.65. The molecule has 0 radical (unpaired) electrons. The lowest BCUT2D eigenvalue weighted by atomic mass is 9.95. The quantitative estimate of drug-likeness (QED) is 0.641.